The number of aliphatic hydroxyl groups is 1. The third-order valence-corrected chi connectivity index (χ3v) is 2.87. The number of aromatic nitrogens is 1. The molecule has 0 spiro atoms. The number of aryl methyl sites for hydroxylation is 1. The van der Waals surface area contributed by atoms with Gasteiger partial charge in [-0.05, 0) is 24.1 Å². The lowest BCUT2D eigenvalue weighted by molar-refractivity contribution is -0.106. The number of aliphatic hydroxyl groups excluding tert-OH is 1. The van der Waals surface area contributed by atoms with Crippen molar-refractivity contribution < 1.29 is 14.4 Å². The lowest BCUT2D eigenvalue weighted by Crippen LogP contribution is -2.00. The maximum absolute atomic E-state index is 10.0. The van der Waals surface area contributed by atoms with Gasteiger partial charge in [-0.3, -0.25) is 4.79 Å². The molecule has 6 heteroatoms. The Morgan fingerprint density at radius 2 is 2.05 bits per heavy atom. The van der Waals surface area contributed by atoms with E-state index in [2.05, 4.69) is 10.9 Å². The number of amides is 1. The van der Waals surface area contributed by atoms with Crippen molar-refractivity contribution in [2.45, 2.75) is 25.9 Å². The van der Waals surface area contributed by atoms with E-state index in [4.69, 9.17) is 20.9 Å². The van der Waals surface area contributed by atoms with Gasteiger partial charge in [-0.15, -0.1) is 0 Å². The Morgan fingerprint density at radius 3 is 2.55 bits per heavy atom. The molecule has 0 aliphatic rings. The van der Waals surface area contributed by atoms with Crippen molar-refractivity contribution >= 4 is 18.0 Å². The maximum atomic E-state index is 10.0. The zero-order chi connectivity index (χ0) is 15.0. The molecule has 2 aromatic rings. The van der Waals surface area contributed by atoms with Crippen LogP contribution in [0, 0.1) is 0 Å². The second kappa shape index (κ2) is 8.35. The van der Waals surface area contributed by atoms with Crippen molar-refractivity contribution in [3.63, 3.8) is 0 Å². The molecular weight excluding hydrogens is 280 g/mol. The highest BCUT2D eigenvalue weighted by molar-refractivity contribution is 6.30. The molecule has 3 N–H and O–H groups in total. The predicted octanol–water partition coefficient (Wildman–Crippen LogP) is 2.27. The molecule has 20 heavy (non-hydrogen) atoms. The van der Waals surface area contributed by atoms with Crippen molar-refractivity contribution in [3.8, 4) is 0 Å². The predicted molar refractivity (Wildman–Crippen MR) is 76.2 cm³/mol. The van der Waals surface area contributed by atoms with Gasteiger partial charge in [0.05, 0.1) is 11.8 Å². The molecule has 108 valence electrons. The number of nitrogens with zero attached hydrogens (tertiary/aromatic N) is 1. The van der Waals surface area contributed by atoms with Crippen LogP contribution in [0.25, 0.3) is 0 Å². The molecule has 1 aromatic carbocycles. The summed E-state index contributed by atoms with van der Waals surface area (Å²) in [5, 5.41) is 14.6. The van der Waals surface area contributed by atoms with E-state index in [0.717, 1.165) is 17.7 Å². The normalized spacial score (nSPS) is 11.3. The maximum Gasteiger partial charge on any atom is 0.204 e. The van der Waals surface area contributed by atoms with Gasteiger partial charge < -0.3 is 15.4 Å². The number of primary amides is 1. The van der Waals surface area contributed by atoms with Crippen molar-refractivity contribution in [1.29, 1.82) is 0 Å². The number of carbonyl (C=O) groups is 1. The van der Waals surface area contributed by atoms with E-state index in [9.17, 15) is 5.11 Å². The smallest absolute Gasteiger partial charge is 0.204 e. The van der Waals surface area contributed by atoms with Crippen LogP contribution in [0.15, 0.2) is 34.9 Å². The standard InChI is InChI=1S/C13H14ClNO2.CH3NO/c1-2-11-7-12(17-15-11)8-13(16)9-3-5-10(14)6-4-9;2-1-3/h3-7,13,16H,2,8H2,1H3;1H,(H2,2,3). The highest BCUT2D eigenvalue weighted by Gasteiger charge is 2.12. The Bertz CT molecular complexity index is 525. The van der Waals surface area contributed by atoms with E-state index < -0.39 is 6.10 Å². The van der Waals surface area contributed by atoms with E-state index >= 15 is 0 Å². The van der Waals surface area contributed by atoms with Crippen molar-refractivity contribution in [2.24, 2.45) is 5.73 Å². The van der Waals surface area contributed by atoms with Gasteiger partial charge in [0.1, 0.15) is 5.76 Å². The highest BCUT2D eigenvalue weighted by atomic mass is 35.5. The molecule has 1 unspecified atom stereocenters. The molecule has 0 fully saturated rings. The number of benzene rings is 1. The molecule has 0 aliphatic carbocycles. The largest absolute Gasteiger partial charge is 0.388 e. The third-order valence-electron chi connectivity index (χ3n) is 2.62. The Kier molecular flexibility index (Phi) is 6.76. The quantitative estimate of drug-likeness (QED) is 0.847. The van der Waals surface area contributed by atoms with Crippen LogP contribution in [0.3, 0.4) is 0 Å². The summed E-state index contributed by atoms with van der Waals surface area (Å²) in [5.74, 6) is 0.698. The van der Waals surface area contributed by atoms with Crippen LogP contribution in [0.5, 0.6) is 0 Å². The Balaban J connectivity index is 0.000000612. The first kappa shape index (κ1) is 16.2. The zero-order valence-corrected chi connectivity index (χ0v) is 11.9. The van der Waals surface area contributed by atoms with E-state index in [-0.39, 0.29) is 6.41 Å². The average molecular weight is 297 g/mol. The Morgan fingerprint density at radius 1 is 1.45 bits per heavy atom. The van der Waals surface area contributed by atoms with Crippen LogP contribution in [0.1, 0.15) is 30.0 Å². The summed E-state index contributed by atoms with van der Waals surface area (Å²) >= 11 is 5.79. The number of carbonyl (C=O) groups excluding carboxylic acids is 1. The first-order valence-corrected chi connectivity index (χ1v) is 6.51. The topological polar surface area (TPSA) is 89.3 Å². The fourth-order valence-corrected chi connectivity index (χ4v) is 1.74. The fourth-order valence-electron chi connectivity index (χ4n) is 1.61. The molecule has 1 aromatic heterocycles. The summed E-state index contributed by atoms with van der Waals surface area (Å²) < 4.78 is 5.14. The second-order valence-corrected chi connectivity index (χ2v) is 4.48. The summed E-state index contributed by atoms with van der Waals surface area (Å²) in [6.45, 7) is 2.01. The van der Waals surface area contributed by atoms with Gasteiger partial charge in [0, 0.05) is 17.5 Å². The van der Waals surface area contributed by atoms with Crippen molar-refractivity contribution in [2.75, 3.05) is 0 Å². The fraction of sp³-hybridized carbons (Fsp3) is 0.286. The van der Waals surface area contributed by atoms with Crippen LogP contribution < -0.4 is 5.73 Å². The minimum absolute atomic E-state index is 0.250. The average Bonchev–Trinajstić information content (AvgIpc) is 2.88. The molecule has 2 rings (SSSR count). The molecule has 1 heterocycles. The lowest BCUT2D eigenvalue weighted by atomic mass is 10.1. The van der Waals surface area contributed by atoms with Gasteiger partial charge in [0.2, 0.25) is 6.41 Å². The van der Waals surface area contributed by atoms with Crippen LogP contribution in [0.2, 0.25) is 5.02 Å². The molecule has 0 radical (unpaired) electrons. The summed E-state index contributed by atoms with van der Waals surface area (Å²) in [6.07, 6.45) is 0.916. The summed E-state index contributed by atoms with van der Waals surface area (Å²) in [7, 11) is 0. The number of rotatable bonds is 4. The summed E-state index contributed by atoms with van der Waals surface area (Å²) in [6, 6.07) is 9.02. The highest BCUT2D eigenvalue weighted by Crippen LogP contribution is 2.20. The monoisotopic (exact) mass is 296 g/mol. The molecular formula is C14H17ClN2O3. The van der Waals surface area contributed by atoms with Crippen molar-refractivity contribution in [3.05, 3.63) is 52.4 Å². The van der Waals surface area contributed by atoms with Gasteiger partial charge in [-0.25, -0.2) is 0 Å². The van der Waals surface area contributed by atoms with Crippen molar-refractivity contribution in [1.82, 2.24) is 5.16 Å². The van der Waals surface area contributed by atoms with E-state index in [1.165, 1.54) is 0 Å². The van der Waals surface area contributed by atoms with Crippen LogP contribution in [-0.2, 0) is 17.6 Å². The zero-order valence-electron chi connectivity index (χ0n) is 11.1. The molecule has 0 saturated heterocycles. The third kappa shape index (κ3) is 5.03. The number of hydrogen-bond donors (Lipinski definition) is 2. The van der Waals surface area contributed by atoms with E-state index in [0.29, 0.717) is 17.2 Å². The number of nitrogens with two attached hydrogens (primary N) is 1. The van der Waals surface area contributed by atoms with Gasteiger partial charge >= 0.3 is 0 Å². The number of hydrogen-bond acceptors (Lipinski definition) is 4. The molecule has 5 nitrogen and oxygen atoms in total. The Labute approximate surface area is 122 Å². The van der Waals surface area contributed by atoms with E-state index in [1.54, 1.807) is 12.1 Å². The van der Waals surface area contributed by atoms with Gasteiger partial charge in [0.15, 0.2) is 0 Å². The number of halogens is 1. The molecule has 0 saturated carbocycles. The first-order chi connectivity index (χ1) is 9.60. The first-order valence-electron chi connectivity index (χ1n) is 6.14. The Hall–Kier alpha value is -1.85. The van der Waals surface area contributed by atoms with Gasteiger partial charge in [-0.1, -0.05) is 35.8 Å². The molecule has 0 bridgehead atoms. The molecule has 1 atom stereocenters. The minimum Gasteiger partial charge on any atom is -0.388 e. The van der Waals surface area contributed by atoms with Crippen LogP contribution in [0.4, 0.5) is 0 Å². The summed E-state index contributed by atoms with van der Waals surface area (Å²) in [4.78, 5) is 8.58. The minimum atomic E-state index is -0.593. The molecule has 0 aliphatic heterocycles. The van der Waals surface area contributed by atoms with Gasteiger partial charge in [-0.2, -0.15) is 0 Å². The van der Waals surface area contributed by atoms with Gasteiger partial charge in [0.25, 0.3) is 0 Å². The van der Waals surface area contributed by atoms with E-state index in [1.807, 2.05) is 25.1 Å². The SMILES string of the molecule is CCc1cc(CC(O)c2ccc(Cl)cc2)on1.NC=O. The second-order valence-electron chi connectivity index (χ2n) is 4.05. The summed E-state index contributed by atoms with van der Waals surface area (Å²) in [5.41, 5.74) is 5.90. The lowest BCUT2D eigenvalue weighted by Gasteiger charge is -2.08. The molecule has 1 amide bonds. The van der Waals surface area contributed by atoms with Crippen LogP contribution >= 0.6 is 11.6 Å². The van der Waals surface area contributed by atoms with Crippen LogP contribution in [-0.4, -0.2) is 16.7 Å².